The van der Waals surface area contributed by atoms with E-state index in [1.807, 2.05) is 6.92 Å². The quantitative estimate of drug-likeness (QED) is 0.576. The lowest BCUT2D eigenvalue weighted by Gasteiger charge is -2.36. The Morgan fingerprint density at radius 1 is 1.22 bits per heavy atom. The third-order valence-corrected chi connectivity index (χ3v) is 6.55. The average Bonchev–Trinajstić information content (AvgIpc) is 3.10. The van der Waals surface area contributed by atoms with Crippen LogP contribution in [-0.2, 0) is 9.59 Å². The summed E-state index contributed by atoms with van der Waals surface area (Å²) in [7, 11) is 0. The van der Waals surface area contributed by atoms with E-state index >= 15 is 0 Å². The van der Waals surface area contributed by atoms with Gasteiger partial charge in [0, 0.05) is 6.04 Å². The first-order valence-corrected chi connectivity index (χ1v) is 9.91. The van der Waals surface area contributed by atoms with Crippen LogP contribution in [0.4, 0.5) is 0 Å². The number of hydrogen-bond donors (Lipinski definition) is 4. The van der Waals surface area contributed by atoms with E-state index in [1.165, 1.54) is 32.1 Å². The van der Waals surface area contributed by atoms with Crippen molar-refractivity contribution in [1.82, 2.24) is 21.5 Å². The molecule has 2 amide bonds. The van der Waals surface area contributed by atoms with Crippen molar-refractivity contribution in [3.05, 3.63) is 0 Å². The highest BCUT2D eigenvalue weighted by Gasteiger charge is 2.37. The van der Waals surface area contributed by atoms with Crippen molar-refractivity contribution >= 4 is 23.6 Å². The van der Waals surface area contributed by atoms with Crippen LogP contribution in [0.25, 0.3) is 0 Å². The van der Waals surface area contributed by atoms with Crippen molar-refractivity contribution in [2.45, 2.75) is 69.3 Å². The molecule has 130 valence electrons. The van der Waals surface area contributed by atoms with Crippen LogP contribution < -0.4 is 21.5 Å². The van der Waals surface area contributed by atoms with Crippen molar-refractivity contribution in [2.75, 3.05) is 5.88 Å². The molecule has 3 fully saturated rings. The molecule has 1 aliphatic carbocycles. The lowest BCUT2D eigenvalue weighted by molar-refractivity contribution is -0.138. The van der Waals surface area contributed by atoms with E-state index in [9.17, 15) is 9.59 Å². The van der Waals surface area contributed by atoms with Gasteiger partial charge in [-0.25, -0.2) is 10.9 Å². The standard InChI is InChI=1S/C16H28N4O2S/c1-10(16-20-17-9-23-16)18-14(21)12-7-8-13(19-15(12)22)11-5-3-2-4-6-11/h10-13,16-17,20H,2-9H2,1H3,(H,18,21)(H,19,22)/t10-,12?,13?,16?/m0/s1. The molecule has 3 aliphatic rings. The predicted molar refractivity (Wildman–Crippen MR) is 91.4 cm³/mol. The third kappa shape index (κ3) is 4.19. The van der Waals surface area contributed by atoms with Crippen LogP contribution in [0.2, 0.25) is 0 Å². The Hall–Kier alpha value is -0.790. The predicted octanol–water partition coefficient (Wildman–Crippen LogP) is 1.09. The van der Waals surface area contributed by atoms with Gasteiger partial charge in [-0.15, -0.1) is 11.8 Å². The first kappa shape index (κ1) is 17.0. The minimum Gasteiger partial charge on any atom is -0.352 e. The van der Waals surface area contributed by atoms with Crippen molar-refractivity contribution in [1.29, 1.82) is 0 Å². The molecule has 0 aromatic carbocycles. The normalized spacial score (nSPS) is 34.0. The van der Waals surface area contributed by atoms with Gasteiger partial charge in [-0.2, -0.15) is 0 Å². The van der Waals surface area contributed by atoms with Crippen LogP contribution in [0.5, 0.6) is 0 Å². The number of carbonyl (C=O) groups is 2. The first-order chi connectivity index (χ1) is 11.1. The van der Waals surface area contributed by atoms with Gasteiger partial charge in [0.25, 0.3) is 0 Å². The fraction of sp³-hybridized carbons (Fsp3) is 0.875. The number of rotatable bonds is 4. The monoisotopic (exact) mass is 340 g/mol. The van der Waals surface area contributed by atoms with Crippen LogP contribution >= 0.6 is 11.8 Å². The van der Waals surface area contributed by atoms with Crippen molar-refractivity contribution < 1.29 is 9.59 Å². The Kier molecular flexibility index (Phi) is 5.82. The summed E-state index contributed by atoms with van der Waals surface area (Å²) in [5, 5.41) is 6.27. The van der Waals surface area contributed by atoms with E-state index in [4.69, 9.17) is 0 Å². The second kappa shape index (κ2) is 7.85. The van der Waals surface area contributed by atoms with E-state index in [0.29, 0.717) is 12.3 Å². The van der Waals surface area contributed by atoms with Gasteiger partial charge in [-0.3, -0.25) is 9.59 Å². The number of thioether (sulfide) groups is 1. The maximum Gasteiger partial charge on any atom is 0.232 e. The Bertz CT molecular complexity index is 436. The molecule has 23 heavy (non-hydrogen) atoms. The van der Waals surface area contributed by atoms with E-state index < -0.39 is 5.92 Å². The molecule has 0 aromatic heterocycles. The molecular weight excluding hydrogens is 312 g/mol. The summed E-state index contributed by atoms with van der Waals surface area (Å²) in [6.45, 7) is 1.97. The van der Waals surface area contributed by atoms with Crippen LogP contribution in [0.1, 0.15) is 51.9 Å². The summed E-state index contributed by atoms with van der Waals surface area (Å²) >= 11 is 1.72. The summed E-state index contributed by atoms with van der Waals surface area (Å²) in [6, 6.07) is 0.270. The highest BCUT2D eigenvalue weighted by atomic mass is 32.2. The zero-order valence-corrected chi connectivity index (χ0v) is 14.6. The minimum atomic E-state index is -0.531. The Labute approximate surface area is 142 Å². The van der Waals surface area contributed by atoms with Crippen molar-refractivity contribution in [3.63, 3.8) is 0 Å². The molecule has 3 rings (SSSR count). The molecule has 0 bridgehead atoms. The van der Waals surface area contributed by atoms with Crippen LogP contribution in [0.15, 0.2) is 0 Å². The van der Waals surface area contributed by atoms with Gasteiger partial charge in [0.05, 0.1) is 17.3 Å². The molecule has 0 radical (unpaired) electrons. The van der Waals surface area contributed by atoms with Gasteiger partial charge in [0.15, 0.2) is 0 Å². The SMILES string of the molecule is C[C@H](NC(=O)C1CCC(C2CCCCC2)NC1=O)C1NNCS1. The largest absolute Gasteiger partial charge is 0.352 e. The summed E-state index contributed by atoms with van der Waals surface area (Å²) < 4.78 is 0. The molecule has 1 saturated carbocycles. The Morgan fingerprint density at radius 3 is 2.65 bits per heavy atom. The number of amides is 2. The molecule has 0 spiro atoms. The zero-order valence-electron chi connectivity index (χ0n) is 13.8. The van der Waals surface area contributed by atoms with Crippen molar-refractivity contribution in [2.24, 2.45) is 11.8 Å². The van der Waals surface area contributed by atoms with E-state index in [0.717, 1.165) is 12.3 Å². The summed E-state index contributed by atoms with van der Waals surface area (Å²) in [6.07, 6.45) is 7.92. The maximum atomic E-state index is 12.4. The van der Waals surface area contributed by atoms with Gasteiger partial charge in [-0.05, 0) is 38.5 Å². The molecule has 2 saturated heterocycles. The number of hydrazine groups is 1. The molecular formula is C16H28N4O2S. The van der Waals surface area contributed by atoms with E-state index in [1.54, 1.807) is 11.8 Å². The zero-order chi connectivity index (χ0) is 16.2. The van der Waals surface area contributed by atoms with Crippen LogP contribution in [0.3, 0.4) is 0 Å². The number of piperidine rings is 1. The number of nitrogens with one attached hydrogen (secondary N) is 4. The van der Waals surface area contributed by atoms with Gasteiger partial charge < -0.3 is 10.6 Å². The van der Waals surface area contributed by atoms with Crippen molar-refractivity contribution in [3.8, 4) is 0 Å². The lowest BCUT2D eigenvalue weighted by Crippen LogP contribution is -2.54. The molecule has 0 aromatic rings. The van der Waals surface area contributed by atoms with Crippen LogP contribution in [-0.4, -0.2) is 35.1 Å². The molecule has 4 atom stereocenters. The topological polar surface area (TPSA) is 82.3 Å². The molecule has 7 heteroatoms. The van der Waals surface area contributed by atoms with Gasteiger partial charge in [0.1, 0.15) is 5.92 Å². The second-order valence-electron chi connectivity index (χ2n) is 6.99. The summed E-state index contributed by atoms with van der Waals surface area (Å²) in [5.41, 5.74) is 6.16. The van der Waals surface area contributed by atoms with Crippen LogP contribution in [0, 0.1) is 11.8 Å². The third-order valence-electron chi connectivity index (χ3n) is 5.35. The fourth-order valence-electron chi connectivity index (χ4n) is 3.96. The molecule has 2 aliphatic heterocycles. The fourth-order valence-corrected chi connectivity index (χ4v) is 4.83. The summed E-state index contributed by atoms with van der Waals surface area (Å²) in [4.78, 5) is 24.8. The van der Waals surface area contributed by atoms with Gasteiger partial charge in [-0.1, -0.05) is 19.3 Å². The second-order valence-corrected chi connectivity index (χ2v) is 8.12. The van der Waals surface area contributed by atoms with Gasteiger partial charge >= 0.3 is 0 Å². The molecule has 4 N–H and O–H groups in total. The molecule has 6 nitrogen and oxygen atoms in total. The number of hydrogen-bond acceptors (Lipinski definition) is 5. The minimum absolute atomic E-state index is 0.00799. The van der Waals surface area contributed by atoms with E-state index in [-0.39, 0.29) is 29.3 Å². The first-order valence-electron chi connectivity index (χ1n) is 8.86. The summed E-state index contributed by atoms with van der Waals surface area (Å²) in [5.74, 6) is 0.697. The highest BCUT2D eigenvalue weighted by molar-refractivity contribution is 8.00. The molecule has 2 heterocycles. The number of carbonyl (C=O) groups excluding carboxylic acids is 2. The van der Waals surface area contributed by atoms with Gasteiger partial charge in [0.2, 0.25) is 11.8 Å². The molecule has 3 unspecified atom stereocenters. The smallest absolute Gasteiger partial charge is 0.232 e. The average molecular weight is 340 g/mol. The highest BCUT2D eigenvalue weighted by Crippen LogP contribution is 2.31. The maximum absolute atomic E-state index is 12.4. The Balaban J connectivity index is 1.49. The van der Waals surface area contributed by atoms with E-state index in [2.05, 4.69) is 21.5 Å². The lowest BCUT2D eigenvalue weighted by atomic mass is 9.79. The Morgan fingerprint density at radius 2 is 2.00 bits per heavy atom.